The summed E-state index contributed by atoms with van der Waals surface area (Å²) < 4.78 is 37.8. The molecule has 0 unspecified atom stereocenters. The number of hydrogen-bond acceptors (Lipinski definition) is 14. The van der Waals surface area contributed by atoms with Crippen LogP contribution in [-0.2, 0) is 4.74 Å². The zero-order valence-corrected chi connectivity index (χ0v) is 21.3. The van der Waals surface area contributed by atoms with Crippen LogP contribution >= 0.6 is 0 Å². The fraction of sp³-hybridized carbons (Fsp3) is 0.400. The normalized spacial score (nSPS) is 22.9. The second-order valence-corrected chi connectivity index (χ2v) is 8.44. The van der Waals surface area contributed by atoms with Gasteiger partial charge in [0.15, 0.2) is 28.8 Å². The van der Waals surface area contributed by atoms with Crippen LogP contribution in [0.25, 0.3) is 22.3 Å². The summed E-state index contributed by atoms with van der Waals surface area (Å²) in [6.45, 7) is -0.700. The quantitative estimate of drug-likeness (QED) is 0.219. The van der Waals surface area contributed by atoms with Gasteiger partial charge in [-0.25, -0.2) is 0 Å². The number of rotatable bonds is 8. The van der Waals surface area contributed by atoms with Gasteiger partial charge in [-0.05, 0) is 12.1 Å². The fourth-order valence-electron chi connectivity index (χ4n) is 4.28. The Kier molecular flexibility index (Phi) is 7.94. The van der Waals surface area contributed by atoms with E-state index in [1.807, 2.05) is 0 Å². The van der Waals surface area contributed by atoms with Gasteiger partial charge in [0, 0.05) is 6.07 Å². The molecule has 0 amide bonds. The predicted molar refractivity (Wildman–Crippen MR) is 132 cm³/mol. The summed E-state index contributed by atoms with van der Waals surface area (Å²) in [6, 6.07) is 4.00. The Balaban J connectivity index is 1.89. The molecular weight excluding hydrogens is 524 g/mol. The number of aliphatic hydroxyl groups excluding tert-OH is 4. The summed E-state index contributed by atoms with van der Waals surface area (Å²) in [4.78, 5) is 13.4. The van der Waals surface area contributed by atoms with Gasteiger partial charge in [0.1, 0.15) is 35.4 Å². The summed E-state index contributed by atoms with van der Waals surface area (Å²) in [7, 11) is 5.06. The lowest BCUT2D eigenvalue weighted by Gasteiger charge is -2.39. The third-order valence-corrected chi connectivity index (χ3v) is 6.31. The van der Waals surface area contributed by atoms with Gasteiger partial charge in [-0.1, -0.05) is 0 Å². The first kappa shape index (κ1) is 28.1. The third-order valence-electron chi connectivity index (χ3n) is 6.31. The van der Waals surface area contributed by atoms with Crippen molar-refractivity contribution in [2.45, 2.75) is 30.7 Å². The zero-order chi connectivity index (χ0) is 28.6. The first-order valence-electron chi connectivity index (χ1n) is 11.5. The van der Waals surface area contributed by atoms with Crippen molar-refractivity contribution in [3.8, 4) is 51.6 Å². The second-order valence-electron chi connectivity index (χ2n) is 8.44. The SMILES string of the molecule is COc1ccc(-c2oc3cc(OC)c(OC)c(O)c3c(=O)c2OC)c(O)c1O[C@@H]1O[C@H](CO)[C@@H](O)[C@H](O)[C@H]1O. The minimum absolute atomic E-state index is 0.0423. The predicted octanol–water partition coefficient (Wildman–Crippen LogP) is 0.0843. The maximum atomic E-state index is 13.4. The van der Waals surface area contributed by atoms with Crippen LogP contribution in [0.4, 0.5) is 0 Å². The van der Waals surface area contributed by atoms with Crippen LogP contribution < -0.4 is 29.1 Å². The lowest BCUT2D eigenvalue weighted by molar-refractivity contribution is -0.277. The Morgan fingerprint density at radius 2 is 1.49 bits per heavy atom. The average molecular weight is 552 g/mol. The van der Waals surface area contributed by atoms with E-state index in [0.717, 1.165) is 0 Å². The third kappa shape index (κ3) is 4.62. The molecule has 4 rings (SSSR count). The molecule has 14 heteroatoms. The highest BCUT2D eigenvalue weighted by atomic mass is 16.7. The van der Waals surface area contributed by atoms with E-state index in [1.54, 1.807) is 0 Å². The molecule has 0 spiro atoms. The van der Waals surface area contributed by atoms with E-state index in [-0.39, 0.29) is 51.0 Å². The van der Waals surface area contributed by atoms with Crippen molar-refractivity contribution in [1.82, 2.24) is 0 Å². The Morgan fingerprint density at radius 3 is 2.08 bits per heavy atom. The molecule has 212 valence electrons. The highest BCUT2D eigenvalue weighted by Crippen LogP contribution is 2.49. The number of aromatic hydroxyl groups is 2. The fourth-order valence-corrected chi connectivity index (χ4v) is 4.28. The topological polar surface area (TPSA) is 207 Å². The molecule has 2 heterocycles. The molecule has 0 bridgehead atoms. The van der Waals surface area contributed by atoms with E-state index < -0.39 is 54.2 Å². The van der Waals surface area contributed by atoms with E-state index in [2.05, 4.69) is 0 Å². The molecule has 1 fully saturated rings. The van der Waals surface area contributed by atoms with Crippen LogP contribution in [0.3, 0.4) is 0 Å². The van der Waals surface area contributed by atoms with Crippen LogP contribution in [0.1, 0.15) is 0 Å². The van der Waals surface area contributed by atoms with Crippen LogP contribution in [-0.4, -0.2) is 96.4 Å². The van der Waals surface area contributed by atoms with Crippen molar-refractivity contribution in [1.29, 1.82) is 0 Å². The Bertz CT molecular complexity index is 1410. The van der Waals surface area contributed by atoms with Gasteiger partial charge < -0.3 is 63.5 Å². The van der Waals surface area contributed by atoms with Crippen molar-refractivity contribution >= 4 is 11.0 Å². The Labute approximate surface area is 220 Å². The molecule has 39 heavy (non-hydrogen) atoms. The van der Waals surface area contributed by atoms with E-state index in [4.69, 9.17) is 32.8 Å². The number of benzene rings is 2. The molecule has 0 aliphatic carbocycles. The molecule has 14 nitrogen and oxygen atoms in total. The Morgan fingerprint density at radius 1 is 0.821 bits per heavy atom. The lowest BCUT2D eigenvalue weighted by atomic mass is 9.99. The minimum Gasteiger partial charge on any atom is -0.504 e. The van der Waals surface area contributed by atoms with Gasteiger partial charge in [-0.2, -0.15) is 0 Å². The summed E-state index contributed by atoms with van der Waals surface area (Å²) in [5.74, 6) is -2.31. The number of phenols is 2. The molecule has 3 aromatic rings. The van der Waals surface area contributed by atoms with Crippen molar-refractivity contribution in [2.75, 3.05) is 35.0 Å². The average Bonchev–Trinajstić information content (AvgIpc) is 2.93. The van der Waals surface area contributed by atoms with Crippen molar-refractivity contribution in [2.24, 2.45) is 0 Å². The zero-order valence-electron chi connectivity index (χ0n) is 21.3. The van der Waals surface area contributed by atoms with Gasteiger partial charge in [0.2, 0.25) is 29.0 Å². The van der Waals surface area contributed by atoms with E-state index in [0.29, 0.717) is 0 Å². The van der Waals surface area contributed by atoms with E-state index in [1.165, 1.54) is 46.6 Å². The number of aliphatic hydroxyl groups is 4. The summed E-state index contributed by atoms with van der Waals surface area (Å²) in [5.41, 5.74) is -1.04. The summed E-state index contributed by atoms with van der Waals surface area (Å²) >= 11 is 0. The largest absolute Gasteiger partial charge is 0.504 e. The van der Waals surface area contributed by atoms with Gasteiger partial charge >= 0.3 is 0 Å². The standard InChI is InChI=1S/C25H28O14/c1-33-10-6-5-9(15(27)23(10)39-25-20(32)19(31)16(28)13(8-26)38-25)21-24(36-4)18(30)14-11(37-21)7-12(34-2)22(35-3)17(14)29/h5-7,13,16,19-20,25-29,31-32H,8H2,1-4H3/t13-,16-,19+,20-,25+/m1/s1. The number of methoxy groups -OCH3 is 4. The molecular formula is C25H28O14. The summed E-state index contributed by atoms with van der Waals surface area (Å²) in [6.07, 6.45) is -8.09. The van der Waals surface area contributed by atoms with Crippen molar-refractivity contribution in [3.05, 3.63) is 28.4 Å². The Hall–Kier alpha value is -3.95. The molecule has 6 N–H and O–H groups in total. The lowest BCUT2D eigenvalue weighted by Crippen LogP contribution is -2.60. The second kappa shape index (κ2) is 11.0. The van der Waals surface area contributed by atoms with E-state index in [9.17, 15) is 35.4 Å². The van der Waals surface area contributed by atoms with Crippen LogP contribution in [0.2, 0.25) is 0 Å². The van der Waals surface area contributed by atoms with Gasteiger partial charge in [-0.15, -0.1) is 0 Å². The van der Waals surface area contributed by atoms with Crippen LogP contribution in [0.15, 0.2) is 27.4 Å². The molecule has 1 saturated heterocycles. The monoisotopic (exact) mass is 552 g/mol. The van der Waals surface area contributed by atoms with Gasteiger partial charge in [-0.3, -0.25) is 4.79 Å². The minimum atomic E-state index is -1.78. The molecule has 2 aromatic carbocycles. The first-order valence-corrected chi connectivity index (χ1v) is 11.5. The highest BCUT2D eigenvalue weighted by Gasteiger charge is 2.45. The van der Waals surface area contributed by atoms with Crippen molar-refractivity contribution < 1.29 is 63.5 Å². The summed E-state index contributed by atoms with van der Waals surface area (Å²) in [5, 5.41) is 61.6. The molecule has 5 atom stereocenters. The van der Waals surface area contributed by atoms with Crippen LogP contribution in [0.5, 0.6) is 40.2 Å². The van der Waals surface area contributed by atoms with E-state index >= 15 is 0 Å². The highest BCUT2D eigenvalue weighted by molar-refractivity contribution is 5.92. The number of phenolic OH excluding ortho intramolecular Hbond substituents is 2. The van der Waals surface area contributed by atoms with Gasteiger partial charge in [0.05, 0.1) is 40.6 Å². The number of ether oxygens (including phenoxy) is 6. The van der Waals surface area contributed by atoms with Crippen molar-refractivity contribution in [3.63, 3.8) is 0 Å². The smallest absolute Gasteiger partial charge is 0.239 e. The maximum Gasteiger partial charge on any atom is 0.239 e. The van der Waals surface area contributed by atoms with Crippen LogP contribution in [0, 0.1) is 0 Å². The number of hydrogen-bond donors (Lipinski definition) is 6. The molecule has 1 aromatic heterocycles. The first-order chi connectivity index (χ1) is 18.6. The molecule has 1 aliphatic rings. The molecule has 0 saturated carbocycles. The number of fused-ring (bicyclic) bond motifs is 1. The van der Waals surface area contributed by atoms with Gasteiger partial charge in [0.25, 0.3) is 0 Å². The maximum absolute atomic E-state index is 13.4. The molecule has 0 radical (unpaired) electrons. The molecule has 1 aliphatic heterocycles.